The lowest BCUT2D eigenvalue weighted by Gasteiger charge is -2.46. The molecule has 0 amide bonds. The number of nitro benzene ring substituents is 1. The fourth-order valence-corrected chi connectivity index (χ4v) is 11.0. The van der Waals surface area contributed by atoms with E-state index in [4.69, 9.17) is 51.4 Å². The van der Waals surface area contributed by atoms with E-state index in [0.717, 1.165) is 30.6 Å². The number of carbonyl (C=O) groups excluding carboxylic acids is 1. The van der Waals surface area contributed by atoms with Crippen LogP contribution in [-0.2, 0) is 51.5 Å². The van der Waals surface area contributed by atoms with Crippen molar-refractivity contribution < 1.29 is 73.6 Å². The number of nitro groups is 1. The summed E-state index contributed by atoms with van der Waals surface area (Å²) in [6, 6.07) is 10.4. The first-order valence-corrected chi connectivity index (χ1v) is 25.1. The summed E-state index contributed by atoms with van der Waals surface area (Å²) < 4.78 is 137. The Morgan fingerprint density at radius 2 is 1.04 bits per heavy atom. The van der Waals surface area contributed by atoms with Crippen molar-refractivity contribution in [1.29, 1.82) is 0 Å². The Balaban J connectivity index is 0.000000227. The number of amidine groups is 3. The zero-order valence-electron chi connectivity index (χ0n) is 43.0. The third-order valence-electron chi connectivity index (χ3n) is 15.0. The summed E-state index contributed by atoms with van der Waals surface area (Å²) in [5.41, 5.74) is 18.5. The number of hydrogen-bond acceptors (Lipinski definition) is 19. The molecule has 6 aliphatic heterocycles. The van der Waals surface area contributed by atoms with Crippen molar-refractivity contribution in [2.75, 3.05) is 52.4 Å². The quantitative estimate of drug-likeness (QED) is 0.0341. The average molecular weight is 1170 g/mol. The summed E-state index contributed by atoms with van der Waals surface area (Å²) in [4.78, 5) is 43.1. The lowest BCUT2D eigenvalue weighted by molar-refractivity contribution is -0.385. The molecule has 10 rings (SSSR count). The van der Waals surface area contributed by atoms with Crippen LogP contribution in [0.15, 0.2) is 82.0 Å². The number of nitrogens with two attached hydrogens (primary N) is 4. The van der Waals surface area contributed by atoms with E-state index in [0.29, 0.717) is 30.5 Å². The molecule has 27 heteroatoms. The molecule has 20 nitrogen and oxygen atoms in total. The Morgan fingerprint density at radius 3 is 1.44 bits per heavy atom. The zero-order valence-corrected chi connectivity index (χ0v) is 43.0. The second-order valence-corrected chi connectivity index (χ2v) is 20.0. The van der Waals surface area contributed by atoms with Gasteiger partial charge in [0.2, 0.25) is 12.7 Å². The number of fused-ring (bicyclic) bond motifs is 3. The van der Waals surface area contributed by atoms with Crippen LogP contribution in [0.4, 0.5) is 42.1 Å². The van der Waals surface area contributed by atoms with Crippen molar-refractivity contribution in [3.05, 3.63) is 123 Å². The SMILES string of the molecule is C.C.C.C[C@@H]1C[C@H]2OC(N)=N[C@](CF)(c3cc(CC(=O)c4cnc(OCF)cn4)ccc3F)[C@H]2CO1.C[C@@H]1C[C@H]2OC(N)=N[C@](CF)(c3cc(N)ccc3F)[C@H]2CO1.C[C@@H]1C[C@H]2OC(N)=N[C@](CF)(c3cc([N+](=O)[O-])ccc3F)[C@H]2CO1. The minimum absolute atomic E-state index is 0. The molecule has 3 aromatic carbocycles. The molecule has 12 atom stereocenters. The highest BCUT2D eigenvalue weighted by molar-refractivity contribution is 5.95. The highest BCUT2D eigenvalue weighted by Crippen LogP contribution is 2.48. The van der Waals surface area contributed by atoms with E-state index in [1.54, 1.807) is 0 Å². The molecule has 450 valence electrons. The molecular weight excluding hydrogens is 1090 g/mol. The molecule has 4 aromatic rings. The van der Waals surface area contributed by atoms with Gasteiger partial charge in [-0.3, -0.25) is 14.9 Å². The third kappa shape index (κ3) is 13.3. The van der Waals surface area contributed by atoms with Crippen LogP contribution in [0.25, 0.3) is 0 Å². The van der Waals surface area contributed by atoms with Crippen molar-refractivity contribution in [1.82, 2.24) is 9.97 Å². The first-order valence-electron chi connectivity index (χ1n) is 25.1. The number of alkyl halides is 4. The Hall–Kier alpha value is -7.39. The summed E-state index contributed by atoms with van der Waals surface area (Å²) in [7, 11) is 0. The predicted molar refractivity (Wildman–Crippen MR) is 290 cm³/mol. The van der Waals surface area contributed by atoms with Crippen LogP contribution in [0, 0.1) is 45.3 Å². The summed E-state index contributed by atoms with van der Waals surface area (Å²) in [6.45, 7) is 1.97. The van der Waals surface area contributed by atoms with Gasteiger partial charge >= 0.3 is 0 Å². The van der Waals surface area contributed by atoms with Crippen molar-refractivity contribution in [3.8, 4) is 5.88 Å². The van der Waals surface area contributed by atoms with Crippen LogP contribution >= 0.6 is 0 Å². The average Bonchev–Trinajstić information content (AvgIpc) is 2.85. The molecule has 0 unspecified atom stereocenters. The molecule has 82 heavy (non-hydrogen) atoms. The van der Waals surface area contributed by atoms with Gasteiger partial charge in [0.15, 0.2) is 5.78 Å². The number of benzene rings is 3. The van der Waals surface area contributed by atoms with Gasteiger partial charge in [0.05, 0.1) is 73.2 Å². The topological polar surface area (TPSA) is 292 Å². The number of ketones is 1. The highest BCUT2D eigenvalue weighted by Gasteiger charge is 2.56. The Kier molecular flexibility index (Phi) is 21.6. The number of halogens is 7. The molecule has 0 radical (unpaired) electrons. The molecule has 7 heterocycles. The Bertz CT molecular complexity index is 2970. The van der Waals surface area contributed by atoms with Gasteiger partial charge in [-0.2, -0.15) is 0 Å². The maximum atomic E-state index is 15.0. The fraction of sp³-hybridized carbons (Fsp3) is 0.527. The summed E-state index contributed by atoms with van der Waals surface area (Å²) in [5.74, 6) is -4.19. The molecular formula is C55H71F7N10O10. The number of anilines is 1. The van der Waals surface area contributed by atoms with Gasteiger partial charge in [0, 0.05) is 60.2 Å². The monoisotopic (exact) mass is 1160 g/mol. The van der Waals surface area contributed by atoms with E-state index < -0.39 is 102 Å². The van der Waals surface area contributed by atoms with Crippen molar-refractivity contribution in [2.45, 2.75) is 122 Å². The van der Waals surface area contributed by atoms with Gasteiger partial charge < -0.3 is 56.1 Å². The Morgan fingerprint density at radius 1 is 0.622 bits per heavy atom. The van der Waals surface area contributed by atoms with Gasteiger partial charge in [-0.1, -0.05) is 28.3 Å². The molecule has 0 saturated carbocycles. The third-order valence-corrected chi connectivity index (χ3v) is 15.0. The largest absolute Gasteiger partial charge is 0.462 e. The molecule has 0 spiro atoms. The van der Waals surface area contributed by atoms with Crippen LogP contribution in [0.3, 0.4) is 0 Å². The van der Waals surface area contributed by atoms with E-state index in [-0.39, 0.29) is 125 Å². The van der Waals surface area contributed by atoms with Crippen LogP contribution in [0.5, 0.6) is 5.88 Å². The smallest absolute Gasteiger partial charge is 0.283 e. The highest BCUT2D eigenvalue weighted by atomic mass is 19.2. The summed E-state index contributed by atoms with van der Waals surface area (Å²) >= 11 is 0. The Labute approximate surface area is 470 Å². The first-order chi connectivity index (χ1) is 37.7. The number of rotatable bonds is 12. The summed E-state index contributed by atoms with van der Waals surface area (Å²) in [6.07, 6.45) is 1.98. The number of hydrogen-bond donors (Lipinski definition) is 4. The van der Waals surface area contributed by atoms with E-state index in [9.17, 15) is 41.3 Å². The standard InChI is InChI=1S/C22H23F3N4O4.C15H17F2N3O4.C15H19F2N3O2.3CH4/c1-12-4-19-15(9-31-12)22(10-23,29-21(26)33-19)14-5-13(2-3-16(14)25)6-18(30)17-7-28-20(8-27-17)32-11-24;1-8-4-13-11(6-23-8)15(7-16,19-14(18)24-13)10-5-9(20(21)22)2-3-12(10)17;1-8-4-13-11(6-21-8)15(7-16,20-14(19)22-13)10-5-9(18)2-3-12(10)17;;;/h2-3,5,7-8,12,15,19H,4,6,9-11H2,1H3,(H2,26,29);2-3,5,8,11,13H,4,6-7H2,1H3,(H2,18,19);2-3,5,8,11,13H,4,6-7,18H2,1H3,(H2,19,20);3*1H4/t12-,15+,19-,22-;2*8-,11+,13-,15-;;;/m111.../s1. The lowest BCUT2D eigenvalue weighted by Crippen LogP contribution is -2.55. The molecule has 6 aliphatic rings. The van der Waals surface area contributed by atoms with Crippen LogP contribution < -0.4 is 27.7 Å². The van der Waals surface area contributed by atoms with Crippen molar-refractivity contribution in [3.63, 3.8) is 0 Å². The normalized spacial score (nSPS) is 29.5. The van der Waals surface area contributed by atoms with E-state index >= 15 is 4.39 Å². The van der Waals surface area contributed by atoms with Crippen LogP contribution in [0.1, 0.15) is 95.1 Å². The van der Waals surface area contributed by atoms with Crippen LogP contribution in [0.2, 0.25) is 0 Å². The fourth-order valence-electron chi connectivity index (χ4n) is 11.0. The second kappa shape index (κ2) is 27.1. The van der Waals surface area contributed by atoms with Crippen LogP contribution in [-0.4, -0.2) is 122 Å². The number of aromatic nitrogens is 2. The van der Waals surface area contributed by atoms with E-state index in [1.807, 2.05) is 20.8 Å². The molecule has 3 saturated heterocycles. The predicted octanol–water partition coefficient (Wildman–Crippen LogP) is 8.31. The maximum absolute atomic E-state index is 15.0. The van der Waals surface area contributed by atoms with E-state index in [1.165, 1.54) is 36.4 Å². The minimum Gasteiger partial charge on any atom is -0.462 e. The molecule has 3 fully saturated rings. The number of aliphatic imine (C=N–C) groups is 3. The van der Waals surface area contributed by atoms with Gasteiger partial charge in [-0.05, 0) is 62.7 Å². The molecule has 8 N–H and O–H groups in total. The zero-order chi connectivity index (χ0) is 57.0. The number of ether oxygens (including phenoxy) is 7. The van der Waals surface area contributed by atoms with Gasteiger partial charge in [-0.15, -0.1) is 0 Å². The number of carbonyl (C=O) groups is 1. The van der Waals surface area contributed by atoms with E-state index in [2.05, 4.69) is 29.7 Å². The lowest BCUT2D eigenvalue weighted by atomic mass is 9.73. The first kappa shape index (κ1) is 65.4. The van der Waals surface area contributed by atoms with Gasteiger partial charge in [0.1, 0.15) is 78.1 Å². The number of Topliss-reactive ketones (excluding diaryl/α,β-unsaturated/α-hetero) is 1. The van der Waals surface area contributed by atoms with Crippen molar-refractivity contribution >= 4 is 35.2 Å². The minimum atomic E-state index is -1.71. The second-order valence-electron chi connectivity index (χ2n) is 20.0. The molecule has 1 aromatic heterocycles. The van der Waals surface area contributed by atoms with Crippen molar-refractivity contribution in [2.24, 2.45) is 49.9 Å². The number of nitrogen functional groups attached to an aromatic ring is 1. The number of non-ortho nitro benzene ring substituents is 1. The van der Waals surface area contributed by atoms with Gasteiger partial charge in [0.25, 0.3) is 23.8 Å². The maximum Gasteiger partial charge on any atom is 0.283 e. The van der Waals surface area contributed by atoms with Gasteiger partial charge in [-0.25, -0.2) is 55.7 Å². The summed E-state index contributed by atoms with van der Waals surface area (Å²) in [5, 5.41) is 11.0. The number of nitrogens with zero attached hydrogens (tertiary/aromatic N) is 6. The molecule has 0 bridgehead atoms. The molecule has 0 aliphatic carbocycles.